The maximum absolute atomic E-state index is 13.1. The second kappa shape index (κ2) is 7.54. The van der Waals surface area contributed by atoms with Crippen molar-refractivity contribution < 1.29 is 18.0 Å². The Labute approximate surface area is 174 Å². The molecule has 0 spiro atoms. The van der Waals surface area contributed by atoms with Crippen LogP contribution < -0.4 is 10.9 Å². The van der Waals surface area contributed by atoms with E-state index in [1.807, 2.05) is 0 Å². The molecule has 2 heterocycles. The summed E-state index contributed by atoms with van der Waals surface area (Å²) in [5.41, 5.74) is -0.0753. The van der Waals surface area contributed by atoms with Gasteiger partial charge in [0, 0.05) is 10.6 Å². The standard InChI is InChI=1S/C21H20F3N3O2S/c1-11-6-7-15-16(8-11)30-19-18(15)20(29)27(12(2)25-19)10-17(28)26-14-5-3-4-13(9-14)21(22,23)24/h3-5,9,11H,6-8,10H2,1-2H3,(H,26,28). The highest BCUT2D eigenvalue weighted by Gasteiger charge is 2.30. The first kappa shape index (κ1) is 20.6. The molecular formula is C21H20F3N3O2S. The van der Waals surface area contributed by atoms with E-state index < -0.39 is 17.6 Å². The van der Waals surface area contributed by atoms with Gasteiger partial charge in [0.25, 0.3) is 5.56 Å². The number of thiophene rings is 1. The number of aromatic nitrogens is 2. The van der Waals surface area contributed by atoms with E-state index in [2.05, 4.69) is 17.2 Å². The number of nitrogens with zero attached hydrogens (tertiary/aromatic N) is 2. The Balaban J connectivity index is 1.63. The van der Waals surface area contributed by atoms with Gasteiger partial charge in [0.1, 0.15) is 17.2 Å². The first-order valence-electron chi connectivity index (χ1n) is 9.62. The molecule has 1 amide bonds. The summed E-state index contributed by atoms with van der Waals surface area (Å²) in [7, 11) is 0. The van der Waals surface area contributed by atoms with Gasteiger partial charge in [-0.1, -0.05) is 13.0 Å². The number of hydrogen-bond acceptors (Lipinski definition) is 4. The Morgan fingerprint density at radius 3 is 2.87 bits per heavy atom. The number of halogens is 3. The molecule has 5 nitrogen and oxygen atoms in total. The number of nitrogens with one attached hydrogen (secondary N) is 1. The molecule has 2 aromatic heterocycles. The summed E-state index contributed by atoms with van der Waals surface area (Å²) in [6.45, 7) is 3.52. The minimum atomic E-state index is -4.50. The zero-order chi connectivity index (χ0) is 21.6. The molecule has 1 aromatic carbocycles. The van der Waals surface area contributed by atoms with E-state index in [-0.39, 0.29) is 17.8 Å². The Hall–Kier alpha value is -2.68. The molecule has 4 rings (SSSR count). The lowest BCUT2D eigenvalue weighted by atomic mass is 9.89. The van der Waals surface area contributed by atoms with Crippen LogP contribution in [0.5, 0.6) is 0 Å². The largest absolute Gasteiger partial charge is 0.416 e. The fourth-order valence-electron chi connectivity index (χ4n) is 3.83. The van der Waals surface area contributed by atoms with Crippen LogP contribution in [0.3, 0.4) is 0 Å². The van der Waals surface area contributed by atoms with Gasteiger partial charge < -0.3 is 5.32 Å². The molecule has 3 aromatic rings. The number of benzene rings is 1. The Morgan fingerprint density at radius 2 is 2.13 bits per heavy atom. The van der Waals surface area contributed by atoms with Crippen LogP contribution in [-0.2, 0) is 30.4 Å². The third kappa shape index (κ3) is 3.86. The van der Waals surface area contributed by atoms with Crippen LogP contribution in [0, 0.1) is 12.8 Å². The summed E-state index contributed by atoms with van der Waals surface area (Å²) < 4.78 is 39.9. The smallest absolute Gasteiger partial charge is 0.325 e. The fourth-order valence-corrected chi connectivity index (χ4v) is 5.25. The highest BCUT2D eigenvalue weighted by atomic mass is 32.1. The minimum Gasteiger partial charge on any atom is -0.325 e. The van der Waals surface area contributed by atoms with Crippen molar-refractivity contribution in [2.45, 2.75) is 45.8 Å². The van der Waals surface area contributed by atoms with Crippen molar-refractivity contribution in [3.63, 3.8) is 0 Å². The van der Waals surface area contributed by atoms with Gasteiger partial charge >= 0.3 is 6.18 Å². The number of fused-ring (bicyclic) bond motifs is 3. The van der Waals surface area contributed by atoms with Crippen LogP contribution in [0.1, 0.15) is 35.2 Å². The third-order valence-electron chi connectivity index (χ3n) is 5.38. The predicted octanol–water partition coefficient (Wildman–Crippen LogP) is 4.55. The van der Waals surface area contributed by atoms with Gasteiger partial charge in [-0.3, -0.25) is 14.2 Å². The van der Waals surface area contributed by atoms with Crippen molar-refractivity contribution in [1.29, 1.82) is 0 Å². The molecule has 1 atom stereocenters. The average molecular weight is 435 g/mol. The lowest BCUT2D eigenvalue weighted by molar-refractivity contribution is -0.137. The molecule has 0 saturated heterocycles. The summed E-state index contributed by atoms with van der Waals surface area (Å²) in [6.07, 6.45) is -1.77. The monoisotopic (exact) mass is 435 g/mol. The van der Waals surface area contributed by atoms with Crippen molar-refractivity contribution in [1.82, 2.24) is 9.55 Å². The van der Waals surface area contributed by atoms with E-state index in [9.17, 15) is 22.8 Å². The van der Waals surface area contributed by atoms with Gasteiger partial charge in [0.05, 0.1) is 10.9 Å². The molecular weight excluding hydrogens is 415 g/mol. The number of carbonyl (C=O) groups excluding carboxylic acids is 1. The van der Waals surface area contributed by atoms with Crippen LogP contribution in [0.2, 0.25) is 0 Å². The number of carbonyl (C=O) groups is 1. The topological polar surface area (TPSA) is 64.0 Å². The van der Waals surface area contributed by atoms with Crippen LogP contribution in [-0.4, -0.2) is 15.5 Å². The quantitative estimate of drug-likeness (QED) is 0.657. The van der Waals surface area contributed by atoms with Crippen LogP contribution in [0.25, 0.3) is 10.2 Å². The lowest BCUT2D eigenvalue weighted by Gasteiger charge is -2.17. The van der Waals surface area contributed by atoms with E-state index in [0.717, 1.165) is 37.0 Å². The minimum absolute atomic E-state index is 0.0245. The number of alkyl halides is 3. The Morgan fingerprint density at radius 1 is 1.37 bits per heavy atom. The second-order valence-corrected chi connectivity index (χ2v) is 8.79. The molecule has 0 fully saturated rings. The molecule has 1 aliphatic carbocycles. The van der Waals surface area contributed by atoms with Crippen molar-refractivity contribution in [3.8, 4) is 0 Å². The Bertz CT molecular complexity index is 1200. The summed E-state index contributed by atoms with van der Waals surface area (Å²) >= 11 is 1.53. The van der Waals surface area contributed by atoms with E-state index in [4.69, 9.17) is 0 Å². The first-order chi connectivity index (χ1) is 14.1. The zero-order valence-corrected chi connectivity index (χ0v) is 17.3. The van der Waals surface area contributed by atoms with E-state index in [1.54, 1.807) is 6.92 Å². The third-order valence-corrected chi connectivity index (χ3v) is 6.53. The van der Waals surface area contributed by atoms with Crippen molar-refractivity contribution in [3.05, 3.63) is 56.4 Å². The van der Waals surface area contributed by atoms with Gasteiger partial charge in [0.2, 0.25) is 5.91 Å². The number of aryl methyl sites for hydroxylation is 2. The molecule has 1 N–H and O–H groups in total. The summed E-state index contributed by atoms with van der Waals surface area (Å²) in [4.78, 5) is 32.0. The molecule has 0 aliphatic heterocycles. The highest BCUT2D eigenvalue weighted by Crippen LogP contribution is 2.36. The Kier molecular flexibility index (Phi) is 5.17. The number of hydrogen-bond donors (Lipinski definition) is 1. The fraction of sp³-hybridized carbons (Fsp3) is 0.381. The molecule has 9 heteroatoms. The normalized spacial score (nSPS) is 16.5. The molecule has 1 unspecified atom stereocenters. The number of amides is 1. The van der Waals surface area contributed by atoms with Gasteiger partial charge in [-0.25, -0.2) is 4.98 Å². The molecule has 0 radical (unpaired) electrons. The second-order valence-electron chi connectivity index (χ2n) is 7.71. The summed E-state index contributed by atoms with van der Waals surface area (Å²) in [6, 6.07) is 4.40. The average Bonchev–Trinajstić information content (AvgIpc) is 3.01. The maximum Gasteiger partial charge on any atom is 0.416 e. The van der Waals surface area contributed by atoms with Crippen molar-refractivity contribution >= 4 is 33.1 Å². The van der Waals surface area contributed by atoms with Gasteiger partial charge in [-0.2, -0.15) is 13.2 Å². The molecule has 158 valence electrons. The number of rotatable bonds is 3. The predicted molar refractivity (Wildman–Crippen MR) is 110 cm³/mol. The maximum atomic E-state index is 13.1. The van der Waals surface area contributed by atoms with Gasteiger partial charge in [-0.05, 0) is 55.9 Å². The molecule has 30 heavy (non-hydrogen) atoms. The number of anilines is 1. The molecule has 0 saturated carbocycles. The zero-order valence-electron chi connectivity index (χ0n) is 16.5. The van der Waals surface area contributed by atoms with Crippen LogP contribution in [0.4, 0.5) is 18.9 Å². The van der Waals surface area contributed by atoms with Gasteiger partial charge in [-0.15, -0.1) is 11.3 Å². The molecule has 0 bridgehead atoms. The first-order valence-corrected chi connectivity index (χ1v) is 10.4. The lowest BCUT2D eigenvalue weighted by Crippen LogP contribution is -2.30. The SMILES string of the molecule is Cc1nc2sc3c(c2c(=O)n1CC(=O)Nc1cccc(C(F)(F)F)c1)CCC(C)C3. The van der Waals surface area contributed by atoms with E-state index in [1.165, 1.54) is 32.9 Å². The molecule has 1 aliphatic rings. The van der Waals surface area contributed by atoms with Gasteiger partial charge in [0.15, 0.2) is 0 Å². The summed E-state index contributed by atoms with van der Waals surface area (Å²) in [5.74, 6) is 0.379. The van der Waals surface area contributed by atoms with E-state index in [0.29, 0.717) is 22.0 Å². The van der Waals surface area contributed by atoms with Crippen molar-refractivity contribution in [2.24, 2.45) is 5.92 Å². The van der Waals surface area contributed by atoms with Crippen LogP contribution >= 0.6 is 11.3 Å². The van der Waals surface area contributed by atoms with E-state index >= 15 is 0 Å². The van der Waals surface area contributed by atoms with Crippen molar-refractivity contribution in [2.75, 3.05) is 5.32 Å². The van der Waals surface area contributed by atoms with Crippen LogP contribution in [0.15, 0.2) is 29.1 Å². The summed E-state index contributed by atoms with van der Waals surface area (Å²) in [5, 5.41) is 3.01. The highest BCUT2D eigenvalue weighted by molar-refractivity contribution is 7.18.